The second-order valence-electron chi connectivity index (χ2n) is 7.68. The van der Waals surface area contributed by atoms with E-state index in [1.165, 1.54) is 23.5 Å². The second kappa shape index (κ2) is 9.78. The van der Waals surface area contributed by atoms with Crippen LogP contribution in [0.4, 0.5) is 16.5 Å². The van der Waals surface area contributed by atoms with Crippen LogP contribution in [0.15, 0.2) is 47.8 Å². The largest absolute Gasteiger partial charge is 0.452 e. The van der Waals surface area contributed by atoms with Crippen molar-refractivity contribution < 1.29 is 19.2 Å². The van der Waals surface area contributed by atoms with Crippen LogP contribution in [0, 0.1) is 17.0 Å². The predicted octanol–water partition coefficient (Wildman–Crippen LogP) is 4.42. The van der Waals surface area contributed by atoms with Crippen LogP contribution < -0.4 is 10.2 Å². The highest BCUT2D eigenvalue weighted by molar-refractivity contribution is 7.14. The Hall–Kier alpha value is -3.79. The molecule has 2 aromatic carbocycles. The molecule has 0 saturated carbocycles. The molecule has 33 heavy (non-hydrogen) atoms. The van der Waals surface area contributed by atoms with Gasteiger partial charge in [0.1, 0.15) is 5.69 Å². The molecule has 0 radical (unpaired) electrons. The second-order valence-corrected chi connectivity index (χ2v) is 8.54. The maximum absolute atomic E-state index is 12.4. The number of hydrogen-bond acceptors (Lipinski definition) is 8. The van der Waals surface area contributed by atoms with Crippen molar-refractivity contribution in [3.63, 3.8) is 0 Å². The zero-order valence-corrected chi connectivity index (χ0v) is 18.8. The molecule has 10 heteroatoms. The van der Waals surface area contributed by atoms with Crippen molar-refractivity contribution in [2.75, 3.05) is 29.9 Å². The SMILES string of the molecule is Cc1ccc(-c2csc(NC(=O)COC(=O)c3ccc(N4CCCC4)c([N+](=O)[O-])c3)n2)cc1. The first-order valence-corrected chi connectivity index (χ1v) is 11.3. The van der Waals surface area contributed by atoms with E-state index in [0.29, 0.717) is 10.8 Å². The Labute approximate surface area is 194 Å². The van der Waals surface area contributed by atoms with Gasteiger partial charge in [-0.3, -0.25) is 20.2 Å². The highest BCUT2D eigenvalue weighted by atomic mass is 32.1. The van der Waals surface area contributed by atoms with E-state index in [9.17, 15) is 19.7 Å². The minimum Gasteiger partial charge on any atom is -0.452 e. The van der Waals surface area contributed by atoms with E-state index < -0.39 is 23.4 Å². The van der Waals surface area contributed by atoms with Gasteiger partial charge >= 0.3 is 5.97 Å². The van der Waals surface area contributed by atoms with Crippen LogP contribution in [0.3, 0.4) is 0 Å². The lowest BCUT2D eigenvalue weighted by atomic mass is 10.1. The van der Waals surface area contributed by atoms with Crippen LogP contribution in [-0.4, -0.2) is 41.5 Å². The van der Waals surface area contributed by atoms with Gasteiger partial charge in [-0.25, -0.2) is 9.78 Å². The summed E-state index contributed by atoms with van der Waals surface area (Å²) in [5.74, 6) is -1.35. The van der Waals surface area contributed by atoms with E-state index in [1.807, 2.05) is 41.5 Å². The number of carbonyl (C=O) groups excluding carboxylic acids is 2. The summed E-state index contributed by atoms with van der Waals surface area (Å²) >= 11 is 1.26. The van der Waals surface area contributed by atoms with Gasteiger partial charge in [-0.2, -0.15) is 0 Å². The third-order valence-corrected chi connectivity index (χ3v) is 6.04. The molecule has 1 fully saturated rings. The topological polar surface area (TPSA) is 115 Å². The third kappa shape index (κ3) is 5.35. The van der Waals surface area contributed by atoms with Gasteiger partial charge in [-0.1, -0.05) is 29.8 Å². The van der Waals surface area contributed by atoms with Gasteiger partial charge < -0.3 is 9.64 Å². The van der Waals surface area contributed by atoms with Crippen molar-refractivity contribution in [2.24, 2.45) is 0 Å². The van der Waals surface area contributed by atoms with Gasteiger partial charge in [0.25, 0.3) is 11.6 Å². The summed E-state index contributed by atoms with van der Waals surface area (Å²) in [5, 5.41) is 16.3. The van der Waals surface area contributed by atoms with Gasteiger partial charge in [-0.05, 0) is 31.9 Å². The average molecular weight is 467 g/mol. The zero-order valence-electron chi connectivity index (χ0n) is 17.9. The Bertz CT molecular complexity index is 1190. The van der Waals surface area contributed by atoms with E-state index >= 15 is 0 Å². The van der Waals surface area contributed by atoms with Crippen LogP contribution in [-0.2, 0) is 9.53 Å². The summed E-state index contributed by atoms with van der Waals surface area (Å²) in [5.41, 5.74) is 3.16. The lowest BCUT2D eigenvalue weighted by Gasteiger charge is -2.17. The van der Waals surface area contributed by atoms with Crippen molar-refractivity contribution in [1.29, 1.82) is 0 Å². The monoisotopic (exact) mass is 466 g/mol. The van der Waals surface area contributed by atoms with E-state index in [4.69, 9.17) is 4.74 Å². The molecular weight excluding hydrogens is 444 g/mol. The molecule has 2 heterocycles. The number of thiazole rings is 1. The molecule has 0 aliphatic carbocycles. The molecule has 0 atom stereocenters. The first kappa shape index (κ1) is 22.4. The zero-order chi connectivity index (χ0) is 23.4. The molecule has 3 aromatic rings. The molecule has 1 saturated heterocycles. The smallest absolute Gasteiger partial charge is 0.338 e. The molecule has 1 N–H and O–H groups in total. The Morgan fingerprint density at radius 2 is 1.91 bits per heavy atom. The number of nitro benzene ring substituents is 1. The number of aryl methyl sites for hydroxylation is 1. The van der Waals surface area contributed by atoms with Gasteiger partial charge in [0.15, 0.2) is 11.7 Å². The molecule has 4 rings (SSSR count). The van der Waals surface area contributed by atoms with Crippen molar-refractivity contribution in [3.8, 4) is 11.3 Å². The Kier molecular flexibility index (Phi) is 6.64. The fourth-order valence-corrected chi connectivity index (χ4v) is 4.32. The summed E-state index contributed by atoms with van der Waals surface area (Å²) in [4.78, 5) is 41.9. The van der Waals surface area contributed by atoms with E-state index in [1.54, 1.807) is 6.07 Å². The Morgan fingerprint density at radius 3 is 2.61 bits per heavy atom. The van der Waals surface area contributed by atoms with Crippen LogP contribution in [0.2, 0.25) is 0 Å². The number of carbonyl (C=O) groups is 2. The van der Waals surface area contributed by atoms with Gasteiger partial charge in [0.2, 0.25) is 0 Å². The fraction of sp³-hybridized carbons (Fsp3) is 0.261. The summed E-state index contributed by atoms with van der Waals surface area (Å²) < 4.78 is 5.06. The molecule has 1 aromatic heterocycles. The highest BCUT2D eigenvalue weighted by Gasteiger charge is 2.24. The lowest BCUT2D eigenvalue weighted by molar-refractivity contribution is -0.384. The number of nitrogens with zero attached hydrogens (tertiary/aromatic N) is 3. The van der Waals surface area contributed by atoms with Gasteiger partial charge in [0, 0.05) is 30.1 Å². The first-order valence-electron chi connectivity index (χ1n) is 10.4. The van der Waals surface area contributed by atoms with Crippen LogP contribution in [0.5, 0.6) is 0 Å². The molecule has 0 bridgehead atoms. The van der Waals surface area contributed by atoms with Crippen molar-refractivity contribution in [1.82, 2.24) is 4.98 Å². The van der Waals surface area contributed by atoms with Crippen molar-refractivity contribution >= 4 is 39.7 Å². The number of amides is 1. The molecule has 1 amide bonds. The lowest BCUT2D eigenvalue weighted by Crippen LogP contribution is -2.21. The number of anilines is 2. The third-order valence-electron chi connectivity index (χ3n) is 5.29. The summed E-state index contributed by atoms with van der Waals surface area (Å²) in [6.45, 7) is 2.96. The minimum absolute atomic E-state index is 0.0216. The van der Waals surface area contributed by atoms with Crippen LogP contribution >= 0.6 is 11.3 Å². The minimum atomic E-state index is -0.805. The molecule has 1 aliphatic heterocycles. The number of ether oxygens (including phenoxy) is 1. The van der Waals surface area contributed by atoms with Crippen LogP contribution in [0.25, 0.3) is 11.3 Å². The molecule has 0 spiro atoms. The van der Waals surface area contributed by atoms with Crippen LogP contribution in [0.1, 0.15) is 28.8 Å². The number of aromatic nitrogens is 1. The molecule has 1 aliphatic rings. The summed E-state index contributed by atoms with van der Waals surface area (Å²) in [6.07, 6.45) is 1.95. The molecular formula is C23H22N4O5S. The quantitative estimate of drug-likeness (QED) is 0.311. The number of rotatable bonds is 7. The first-order chi connectivity index (χ1) is 15.9. The summed E-state index contributed by atoms with van der Waals surface area (Å²) in [7, 11) is 0. The normalized spacial score (nSPS) is 13.1. The van der Waals surface area contributed by atoms with E-state index in [0.717, 1.165) is 42.8 Å². The highest BCUT2D eigenvalue weighted by Crippen LogP contribution is 2.32. The standard InChI is InChI=1S/C23H22N4O5S/c1-15-4-6-16(7-5-15)18-14-33-23(24-18)25-21(28)13-32-22(29)17-8-9-19(20(12-17)27(30)31)26-10-2-3-11-26/h4-9,12,14H,2-3,10-11,13H2,1H3,(H,24,25,28). The Balaban J connectivity index is 1.36. The molecule has 170 valence electrons. The van der Waals surface area contributed by atoms with Gasteiger partial charge in [-0.15, -0.1) is 11.3 Å². The van der Waals surface area contributed by atoms with Gasteiger partial charge in [0.05, 0.1) is 16.2 Å². The van der Waals surface area contributed by atoms with Crippen molar-refractivity contribution in [3.05, 3.63) is 69.1 Å². The van der Waals surface area contributed by atoms with E-state index in [2.05, 4.69) is 10.3 Å². The number of esters is 1. The maximum Gasteiger partial charge on any atom is 0.338 e. The van der Waals surface area contributed by atoms with Crippen molar-refractivity contribution in [2.45, 2.75) is 19.8 Å². The van der Waals surface area contributed by atoms with E-state index in [-0.39, 0.29) is 11.3 Å². The molecule has 9 nitrogen and oxygen atoms in total. The number of nitro groups is 1. The average Bonchev–Trinajstić information content (AvgIpc) is 3.50. The summed E-state index contributed by atoms with van der Waals surface area (Å²) in [6, 6.07) is 12.1. The number of nitrogens with one attached hydrogen (secondary N) is 1. The molecule has 0 unspecified atom stereocenters. The maximum atomic E-state index is 12.4. The number of hydrogen-bond donors (Lipinski definition) is 1. The fourth-order valence-electron chi connectivity index (χ4n) is 3.58. The predicted molar refractivity (Wildman–Crippen MR) is 126 cm³/mol. The number of benzene rings is 2. The Morgan fingerprint density at radius 1 is 1.18 bits per heavy atom.